The molecule has 0 radical (unpaired) electrons. The Balaban J connectivity index is 1.60. The minimum atomic E-state index is 0.00232. The molecule has 5 nitrogen and oxygen atoms in total. The maximum absolute atomic E-state index is 5.94. The fraction of sp³-hybridized carbons (Fsp3) is 0.667. The van der Waals surface area contributed by atoms with Gasteiger partial charge in [-0.2, -0.15) is 0 Å². The van der Waals surface area contributed by atoms with Crippen molar-refractivity contribution in [2.24, 2.45) is 0 Å². The first kappa shape index (κ1) is 12.1. The average molecular weight is 270 g/mol. The van der Waals surface area contributed by atoms with Gasteiger partial charge in [0.05, 0.1) is 29.6 Å². The van der Waals surface area contributed by atoms with Gasteiger partial charge in [-0.15, -0.1) is 0 Å². The molecule has 1 spiro atoms. The number of aromatic nitrogens is 2. The molecule has 2 saturated heterocycles. The van der Waals surface area contributed by atoms with Crippen LogP contribution in [0, 0.1) is 0 Å². The van der Waals surface area contributed by atoms with E-state index in [1.165, 1.54) is 0 Å². The highest BCUT2D eigenvalue weighted by molar-refractivity contribution is 6.30. The molecule has 3 rings (SSSR count). The van der Waals surface area contributed by atoms with Crippen LogP contribution in [-0.4, -0.2) is 41.4 Å². The minimum Gasteiger partial charge on any atom is -0.458 e. The number of halogens is 1. The number of piperidine rings is 1. The molecule has 0 amide bonds. The summed E-state index contributed by atoms with van der Waals surface area (Å²) in [7, 11) is 0. The van der Waals surface area contributed by atoms with E-state index in [2.05, 4.69) is 15.3 Å². The van der Waals surface area contributed by atoms with Gasteiger partial charge in [0, 0.05) is 6.42 Å². The highest BCUT2D eigenvalue weighted by Crippen LogP contribution is 2.35. The second-order valence-electron chi connectivity index (χ2n) is 4.87. The Morgan fingerprint density at radius 3 is 2.78 bits per heavy atom. The molecule has 98 valence electrons. The third kappa shape index (κ3) is 2.58. The van der Waals surface area contributed by atoms with Crippen molar-refractivity contribution in [1.82, 2.24) is 15.3 Å². The molecule has 0 bridgehead atoms. The monoisotopic (exact) mass is 269 g/mol. The third-order valence-electron chi connectivity index (χ3n) is 3.56. The summed E-state index contributed by atoms with van der Waals surface area (Å²) in [5.74, 6) is 0. The van der Waals surface area contributed by atoms with Gasteiger partial charge in [-0.3, -0.25) is 0 Å². The van der Waals surface area contributed by atoms with Crippen molar-refractivity contribution in [1.29, 1.82) is 0 Å². The lowest BCUT2D eigenvalue weighted by Gasteiger charge is -2.32. The Morgan fingerprint density at radius 1 is 1.33 bits per heavy atom. The van der Waals surface area contributed by atoms with E-state index in [1.54, 1.807) is 12.4 Å². The molecule has 1 N–H and O–H groups in total. The van der Waals surface area contributed by atoms with E-state index < -0.39 is 0 Å². The van der Waals surface area contributed by atoms with Crippen LogP contribution in [0.5, 0.6) is 6.01 Å². The molecule has 6 heteroatoms. The SMILES string of the molecule is Clc1cnc(OC2COC3(CCNCC3)C2)nc1. The van der Waals surface area contributed by atoms with Gasteiger partial charge in [-0.05, 0) is 25.9 Å². The fourth-order valence-electron chi connectivity index (χ4n) is 2.62. The summed E-state index contributed by atoms with van der Waals surface area (Å²) in [5, 5.41) is 3.86. The van der Waals surface area contributed by atoms with Crippen LogP contribution in [0.3, 0.4) is 0 Å². The predicted octanol–water partition coefficient (Wildman–Crippen LogP) is 1.42. The Bertz CT molecular complexity index is 406. The van der Waals surface area contributed by atoms with Crippen LogP contribution >= 0.6 is 11.6 Å². The average Bonchev–Trinajstić information content (AvgIpc) is 2.76. The van der Waals surface area contributed by atoms with Crippen LogP contribution in [-0.2, 0) is 4.74 Å². The number of rotatable bonds is 2. The van der Waals surface area contributed by atoms with Gasteiger partial charge in [0.2, 0.25) is 0 Å². The largest absolute Gasteiger partial charge is 0.458 e. The van der Waals surface area contributed by atoms with E-state index in [-0.39, 0.29) is 11.7 Å². The van der Waals surface area contributed by atoms with Crippen LogP contribution in [0.2, 0.25) is 5.02 Å². The molecule has 1 aromatic heterocycles. The van der Waals surface area contributed by atoms with Crippen molar-refractivity contribution in [2.45, 2.75) is 31.0 Å². The lowest BCUT2D eigenvalue weighted by molar-refractivity contribution is -0.0206. The number of hydrogen-bond donors (Lipinski definition) is 1. The van der Waals surface area contributed by atoms with Gasteiger partial charge in [0.15, 0.2) is 0 Å². The predicted molar refractivity (Wildman–Crippen MR) is 66.9 cm³/mol. The lowest BCUT2D eigenvalue weighted by Crippen LogP contribution is -2.41. The van der Waals surface area contributed by atoms with Gasteiger partial charge >= 0.3 is 6.01 Å². The first-order valence-corrected chi connectivity index (χ1v) is 6.62. The van der Waals surface area contributed by atoms with Crippen molar-refractivity contribution < 1.29 is 9.47 Å². The lowest BCUT2D eigenvalue weighted by atomic mass is 9.89. The Hall–Kier alpha value is -0.910. The van der Waals surface area contributed by atoms with Crippen LogP contribution in [0.15, 0.2) is 12.4 Å². The van der Waals surface area contributed by atoms with E-state index in [9.17, 15) is 0 Å². The van der Waals surface area contributed by atoms with Crippen LogP contribution < -0.4 is 10.1 Å². The standard InChI is InChI=1S/C12H16ClN3O2/c13-9-6-15-11(16-7-9)18-10-5-12(17-8-10)1-3-14-4-2-12/h6-7,10,14H,1-5,8H2. The normalized spacial score (nSPS) is 26.4. The topological polar surface area (TPSA) is 56.3 Å². The zero-order valence-corrected chi connectivity index (χ0v) is 10.8. The molecule has 18 heavy (non-hydrogen) atoms. The summed E-state index contributed by atoms with van der Waals surface area (Å²) in [6.07, 6.45) is 6.15. The molecule has 2 fully saturated rings. The molecule has 1 unspecified atom stereocenters. The molecular formula is C12H16ClN3O2. The maximum atomic E-state index is 5.94. The molecule has 2 aliphatic rings. The zero-order valence-electron chi connectivity index (χ0n) is 10.1. The second kappa shape index (κ2) is 4.99. The number of hydrogen-bond acceptors (Lipinski definition) is 5. The smallest absolute Gasteiger partial charge is 0.316 e. The van der Waals surface area contributed by atoms with Crippen molar-refractivity contribution in [2.75, 3.05) is 19.7 Å². The number of nitrogens with zero attached hydrogens (tertiary/aromatic N) is 2. The molecule has 1 atom stereocenters. The molecule has 3 heterocycles. The van der Waals surface area contributed by atoms with Crippen molar-refractivity contribution in [3.63, 3.8) is 0 Å². The van der Waals surface area contributed by atoms with E-state index in [1.807, 2.05) is 0 Å². The highest BCUT2D eigenvalue weighted by atomic mass is 35.5. The van der Waals surface area contributed by atoms with Gasteiger partial charge in [0.1, 0.15) is 6.10 Å². The summed E-state index contributed by atoms with van der Waals surface area (Å²) in [4.78, 5) is 8.08. The van der Waals surface area contributed by atoms with Crippen LogP contribution in [0.4, 0.5) is 0 Å². The van der Waals surface area contributed by atoms with Crippen LogP contribution in [0.1, 0.15) is 19.3 Å². The van der Waals surface area contributed by atoms with E-state index in [0.717, 1.165) is 32.4 Å². The highest BCUT2D eigenvalue weighted by Gasteiger charge is 2.42. The summed E-state index contributed by atoms with van der Waals surface area (Å²) in [5.41, 5.74) is 0.00232. The second-order valence-corrected chi connectivity index (χ2v) is 5.31. The summed E-state index contributed by atoms with van der Waals surface area (Å²) < 4.78 is 11.7. The zero-order chi connectivity index (χ0) is 12.4. The first-order valence-electron chi connectivity index (χ1n) is 6.25. The van der Waals surface area contributed by atoms with Crippen molar-refractivity contribution in [3.05, 3.63) is 17.4 Å². The Labute approximate surface area is 111 Å². The van der Waals surface area contributed by atoms with E-state index >= 15 is 0 Å². The first-order chi connectivity index (χ1) is 8.76. The number of ether oxygens (including phenoxy) is 2. The van der Waals surface area contributed by atoms with Crippen LogP contribution in [0.25, 0.3) is 0 Å². The molecule has 1 aromatic rings. The maximum Gasteiger partial charge on any atom is 0.316 e. The van der Waals surface area contributed by atoms with Gasteiger partial charge < -0.3 is 14.8 Å². The minimum absolute atomic E-state index is 0.00232. The fourth-order valence-corrected chi connectivity index (χ4v) is 2.72. The molecule has 0 aromatic carbocycles. The van der Waals surface area contributed by atoms with E-state index in [0.29, 0.717) is 17.6 Å². The van der Waals surface area contributed by atoms with E-state index in [4.69, 9.17) is 21.1 Å². The Morgan fingerprint density at radius 2 is 2.06 bits per heavy atom. The van der Waals surface area contributed by atoms with Gasteiger partial charge in [-0.1, -0.05) is 11.6 Å². The molecule has 0 aliphatic carbocycles. The molecule has 0 saturated carbocycles. The van der Waals surface area contributed by atoms with Crippen molar-refractivity contribution >= 4 is 11.6 Å². The third-order valence-corrected chi connectivity index (χ3v) is 3.75. The van der Waals surface area contributed by atoms with Gasteiger partial charge in [0.25, 0.3) is 0 Å². The summed E-state index contributed by atoms with van der Waals surface area (Å²) in [6.45, 7) is 2.65. The Kier molecular flexibility index (Phi) is 3.37. The molecule has 2 aliphatic heterocycles. The van der Waals surface area contributed by atoms with Crippen molar-refractivity contribution in [3.8, 4) is 6.01 Å². The number of nitrogens with one attached hydrogen (secondary N) is 1. The van der Waals surface area contributed by atoms with Gasteiger partial charge in [-0.25, -0.2) is 9.97 Å². The molecular weight excluding hydrogens is 254 g/mol. The summed E-state index contributed by atoms with van der Waals surface area (Å²) >= 11 is 5.73. The quantitative estimate of drug-likeness (QED) is 0.880. The summed E-state index contributed by atoms with van der Waals surface area (Å²) in [6, 6.07) is 0.374.